The van der Waals surface area contributed by atoms with E-state index in [1.54, 1.807) is 0 Å². The van der Waals surface area contributed by atoms with Crippen LogP contribution in [0.4, 0.5) is 0 Å². The summed E-state index contributed by atoms with van der Waals surface area (Å²) >= 11 is 0. The summed E-state index contributed by atoms with van der Waals surface area (Å²) in [5.41, 5.74) is 2.20. The highest BCUT2D eigenvalue weighted by molar-refractivity contribution is 7.83. The van der Waals surface area contributed by atoms with E-state index in [9.17, 15) is 4.21 Å². The predicted octanol–water partition coefficient (Wildman–Crippen LogP) is 2.83. The summed E-state index contributed by atoms with van der Waals surface area (Å²) in [6.45, 7) is 6.40. The molecule has 0 spiro atoms. The lowest BCUT2D eigenvalue weighted by molar-refractivity contribution is 0.193. The highest BCUT2D eigenvalue weighted by Crippen LogP contribution is 2.30. The Morgan fingerprint density at radius 1 is 1.41 bits per heavy atom. The van der Waals surface area contributed by atoms with Crippen LogP contribution in [0.15, 0.2) is 18.3 Å². The molecule has 0 saturated carbocycles. The second kappa shape index (κ2) is 8.75. The maximum absolute atomic E-state index is 12.3. The number of aryl methyl sites for hydroxylation is 1. The second-order valence-corrected chi connectivity index (χ2v) is 7.73. The van der Waals surface area contributed by atoms with Gasteiger partial charge in [0.2, 0.25) is 0 Å². The van der Waals surface area contributed by atoms with Gasteiger partial charge in [0.05, 0.1) is 22.7 Å². The number of hydrogen-bond donors (Lipinski definition) is 1. The number of unbranched alkanes of at least 4 members (excludes halogenated alkanes) is 1. The van der Waals surface area contributed by atoms with Crippen LogP contribution in [0.25, 0.3) is 0 Å². The molecule has 1 aliphatic rings. The Morgan fingerprint density at radius 2 is 2.14 bits per heavy atom. The molecule has 1 aromatic heterocycles. The molecule has 2 rings (SSSR count). The molecule has 22 heavy (non-hydrogen) atoms. The number of pyridine rings is 1. The third-order valence-corrected chi connectivity index (χ3v) is 5.61. The first-order chi connectivity index (χ1) is 10.6. The number of piperidine rings is 1. The van der Waals surface area contributed by atoms with Crippen molar-refractivity contribution in [1.82, 2.24) is 14.6 Å². The van der Waals surface area contributed by atoms with Gasteiger partial charge < -0.3 is 4.90 Å². The van der Waals surface area contributed by atoms with Gasteiger partial charge >= 0.3 is 0 Å². The quantitative estimate of drug-likeness (QED) is 0.839. The number of nitrogens with one attached hydrogen (secondary N) is 1. The molecule has 2 atom stereocenters. The molecule has 2 unspecified atom stereocenters. The minimum Gasteiger partial charge on any atom is -0.306 e. The highest BCUT2D eigenvalue weighted by Gasteiger charge is 2.28. The van der Waals surface area contributed by atoms with Crippen LogP contribution in [0.3, 0.4) is 0 Å². The molecule has 1 N–H and O–H groups in total. The molecule has 4 nitrogen and oxygen atoms in total. The molecule has 1 aliphatic heterocycles. The first kappa shape index (κ1) is 17.6. The fraction of sp³-hybridized carbons (Fsp3) is 0.706. The number of aromatic nitrogens is 1. The Balaban J connectivity index is 2.09. The second-order valence-electron chi connectivity index (χ2n) is 6.40. The van der Waals surface area contributed by atoms with Crippen LogP contribution in [0.5, 0.6) is 0 Å². The molecule has 0 bridgehead atoms. The molecule has 2 heterocycles. The Kier molecular flexibility index (Phi) is 6.99. The summed E-state index contributed by atoms with van der Waals surface area (Å²) in [6.07, 6.45) is 6.26. The zero-order valence-electron chi connectivity index (χ0n) is 14.0. The van der Waals surface area contributed by atoms with Gasteiger partial charge in [-0.15, -0.1) is 0 Å². The normalized spacial score (nSPS) is 20.0. The van der Waals surface area contributed by atoms with Crippen LogP contribution in [0.2, 0.25) is 0 Å². The van der Waals surface area contributed by atoms with E-state index in [2.05, 4.69) is 40.7 Å². The van der Waals surface area contributed by atoms with Crippen LogP contribution in [0.1, 0.15) is 49.9 Å². The molecule has 1 saturated heterocycles. The summed E-state index contributed by atoms with van der Waals surface area (Å²) in [4.78, 5) is 6.96. The first-order valence-electron chi connectivity index (χ1n) is 8.35. The van der Waals surface area contributed by atoms with E-state index in [1.165, 1.54) is 0 Å². The Hall–Kier alpha value is -0.780. The van der Waals surface area contributed by atoms with Gasteiger partial charge in [-0.3, -0.25) is 4.98 Å². The van der Waals surface area contributed by atoms with Crippen molar-refractivity contribution in [2.45, 2.75) is 45.6 Å². The molecule has 0 radical (unpaired) electrons. The van der Waals surface area contributed by atoms with E-state index in [0.29, 0.717) is 5.92 Å². The molecule has 1 aromatic rings. The molecule has 5 heteroatoms. The fourth-order valence-corrected chi connectivity index (χ4v) is 4.16. The largest absolute Gasteiger partial charge is 0.306 e. The third kappa shape index (κ3) is 5.14. The van der Waals surface area contributed by atoms with Crippen molar-refractivity contribution in [2.75, 3.05) is 25.9 Å². The lowest BCUT2D eigenvalue weighted by atomic mass is 9.88. The van der Waals surface area contributed by atoms with E-state index in [4.69, 9.17) is 0 Å². The van der Waals surface area contributed by atoms with Gasteiger partial charge in [-0.2, -0.15) is 0 Å². The minimum atomic E-state index is -0.970. The number of rotatable bonds is 7. The van der Waals surface area contributed by atoms with Gasteiger partial charge in [0.25, 0.3) is 0 Å². The SMILES string of the molecule is CCCCS(=O)NC(c1ccc(C)cn1)C1CCN(C)CC1. The zero-order chi connectivity index (χ0) is 15.9. The predicted molar refractivity (Wildman–Crippen MR) is 93.0 cm³/mol. The summed E-state index contributed by atoms with van der Waals surface area (Å²) in [6, 6.07) is 4.29. The fourth-order valence-electron chi connectivity index (χ4n) is 2.90. The first-order valence-corrected chi connectivity index (χ1v) is 9.67. The average Bonchev–Trinajstić information content (AvgIpc) is 2.52. The standard InChI is InChI=1S/C17H29N3OS/c1-4-5-12-22(21)19-17(15-8-10-20(3)11-9-15)16-7-6-14(2)13-18-16/h6-7,13,15,17,19H,4-5,8-12H2,1-3H3. The van der Waals surface area contributed by atoms with Gasteiger partial charge in [-0.1, -0.05) is 19.4 Å². The Labute approximate surface area is 137 Å². The monoisotopic (exact) mass is 323 g/mol. The van der Waals surface area contributed by atoms with Crippen LogP contribution in [0, 0.1) is 12.8 Å². The smallest absolute Gasteiger partial charge is 0.0921 e. The van der Waals surface area contributed by atoms with E-state index >= 15 is 0 Å². The van der Waals surface area contributed by atoms with Crippen LogP contribution in [-0.4, -0.2) is 40.0 Å². The molecule has 0 amide bonds. The van der Waals surface area contributed by atoms with E-state index in [-0.39, 0.29) is 6.04 Å². The number of hydrogen-bond acceptors (Lipinski definition) is 3. The summed E-state index contributed by atoms with van der Waals surface area (Å²) in [5.74, 6) is 1.24. The van der Waals surface area contributed by atoms with Crippen molar-refractivity contribution in [1.29, 1.82) is 0 Å². The Bertz CT molecular complexity index is 469. The lowest BCUT2D eigenvalue weighted by Gasteiger charge is -2.34. The van der Waals surface area contributed by atoms with Crippen LogP contribution >= 0.6 is 0 Å². The van der Waals surface area contributed by atoms with Crippen molar-refractivity contribution in [3.8, 4) is 0 Å². The van der Waals surface area contributed by atoms with E-state index < -0.39 is 11.0 Å². The van der Waals surface area contributed by atoms with Crippen LogP contribution < -0.4 is 4.72 Å². The van der Waals surface area contributed by atoms with Crippen molar-refractivity contribution in [2.24, 2.45) is 5.92 Å². The molecule has 1 fully saturated rings. The molecular weight excluding hydrogens is 294 g/mol. The number of likely N-dealkylation sites (tertiary alicyclic amines) is 1. The van der Waals surface area contributed by atoms with Crippen molar-refractivity contribution in [3.63, 3.8) is 0 Å². The van der Waals surface area contributed by atoms with Gasteiger partial charge in [0, 0.05) is 11.9 Å². The summed E-state index contributed by atoms with van der Waals surface area (Å²) in [7, 11) is 1.20. The van der Waals surface area contributed by atoms with Crippen LogP contribution in [-0.2, 0) is 11.0 Å². The minimum absolute atomic E-state index is 0.104. The van der Waals surface area contributed by atoms with Crippen molar-refractivity contribution in [3.05, 3.63) is 29.6 Å². The molecule has 124 valence electrons. The van der Waals surface area contributed by atoms with Gasteiger partial charge in [0.15, 0.2) is 0 Å². The van der Waals surface area contributed by atoms with Crippen molar-refractivity contribution < 1.29 is 4.21 Å². The molecule has 0 aliphatic carbocycles. The zero-order valence-corrected chi connectivity index (χ0v) is 14.9. The average molecular weight is 324 g/mol. The van der Waals surface area contributed by atoms with Gasteiger partial charge in [0.1, 0.15) is 0 Å². The van der Waals surface area contributed by atoms with E-state index in [0.717, 1.165) is 55.8 Å². The van der Waals surface area contributed by atoms with Crippen molar-refractivity contribution >= 4 is 11.0 Å². The Morgan fingerprint density at radius 3 is 2.73 bits per heavy atom. The highest BCUT2D eigenvalue weighted by atomic mass is 32.2. The summed E-state index contributed by atoms with van der Waals surface area (Å²) in [5, 5.41) is 0. The molecular formula is C17H29N3OS. The maximum Gasteiger partial charge on any atom is 0.0921 e. The summed E-state index contributed by atoms with van der Waals surface area (Å²) < 4.78 is 15.7. The maximum atomic E-state index is 12.3. The topological polar surface area (TPSA) is 45.2 Å². The third-order valence-electron chi connectivity index (χ3n) is 4.43. The number of nitrogens with zero attached hydrogens (tertiary/aromatic N) is 2. The lowest BCUT2D eigenvalue weighted by Crippen LogP contribution is -2.38. The van der Waals surface area contributed by atoms with Gasteiger partial charge in [-0.05, 0) is 63.9 Å². The molecule has 0 aromatic carbocycles. The van der Waals surface area contributed by atoms with Gasteiger partial charge in [-0.25, -0.2) is 8.93 Å². The van der Waals surface area contributed by atoms with E-state index in [1.807, 2.05) is 13.1 Å².